The zero-order valence-corrected chi connectivity index (χ0v) is 16.7. The van der Waals surface area contributed by atoms with Crippen molar-refractivity contribution < 1.29 is 9.53 Å². The van der Waals surface area contributed by atoms with Gasteiger partial charge >= 0.3 is 6.09 Å². The first kappa shape index (κ1) is 20.1. The van der Waals surface area contributed by atoms with Crippen LogP contribution in [-0.4, -0.2) is 63.6 Å². The Morgan fingerprint density at radius 1 is 1.25 bits per heavy atom. The summed E-state index contributed by atoms with van der Waals surface area (Å²) in [5, 5.41) is 3.77. The van der Waals surface area contributed by atoms with Crippen LogP contribution in [0.1, 0.15) is 18.3 Å². The van der Waals surface area contributed by atoms with Crippen molar-refractivity contribution in [2.75, 3.05) is 43.8 Å². The summed E-state index contributed by atoms with van der Waals surface area (Å²) < 4.78 is 5.04. The van der Waals surface area contributed by atoms with Gasteiger partial charge in [0, 0.05) is 36.9 Å². The molecule has 0 atom stereocenters. The smallest absolute Gasteiger partial charge is 0.409 e. The number of piperazine rings is 1. The van der Waals surface area contributed by atoms with E-state index < -0.39 is 0 Å². The van der Waals surface area contributed by atoms with Gasteiger partial charge in [-0.25, -0.2) is 4.79 Å². The molecule has 1 saturated heterocycles. The molecule has 0 saturated carbocycles. The van der Waals surface area contributed by atoms with E-state index in [-0.39, 0.29) is 12.0 Å². The van der Waals surface area contributed by atoms with Gasteiger partial charge in [0.25, 0.3) is 0 Å². The van der Waals surface area contributed by atoms with Crippen molar-refractivity contribution in [3.8, 4) is 0 Å². The Morgan fingerprint density at radius 3 is 2.68 bits per heavy atom. The van der Waals surface area contributed by atoms with Gasteiger partial charge in [0.05, 0.1) is 13.2 Å². The van der Waals surface area contributed by atoms with Crippen LogP contribution in [0.5, 0.6) is 0 Å². The van der Waals surface area contributed by atoms with Crippen molar-refractivity contribution in [1.29, 1.82) is 0 Å². The van der Waals surface area contributed by atoms with Gasteiger partial charge in [-0.1, -0.05) is 17.7 Å². The Kier molecular flexibility index (Phi) is 6.48. The lowest BCUT2D eigenvalue weighted by Crippen LogP contribution is -2.48. The van der Waals surface area contributed by atoms with E-state index in [1.165, 1.54) is 0 Å². The molecule has 2 heterocycles. The summed E-state index contributed by atoms with van der Waals surface area (Å²) in [4.78, 5) is 28.5. The molecule has 10 heteroatoms. The third kappa shape index (κ3) is 5.20. The van der Waals surface area contributed by atoms with Crippen LogP contribution in [0.4, 0.5) is 22.4 Å². The molecule has 1 aliphatic rings. The van der Waals surface area contributed by atoms with E-state index in [9.17, 15) is 4.79 Å². The minimum Gasteiger partial charge on any atom is -0.450 e. The second-order valence-electron chi connectivity index (χ2n) is 6.48. The number of halogens is 1. The van der Waals surface area contributed by atoms with E-state index in [4.69, 9.17) is 22.1 Å². The minimum atomic E-state index is -0.269. The van der Waals surface area contributed by atoms with Crippen molar-refractivity contribution in [1.82, 2.24) is 24.8 Å². The van der Waals surface area contributed by atoms with Gasteiger partial charge in [0.15, 0.2) is 0 Å². The maximum Gasteiger partial charge on any atom is 0.409 e. The molecule has 1 fully saturated rings. The highest BCUT2D eigenvalue weighted by Crippen LogP contribution is 2.22. The van der Waals surface area contributed by atoms with E-state index in [0.717, 1.165) is 11.3 Å². The van der Waals surface area contributed by atoms with Crippen LogP contribution in [0, 0.1) is 6.92 Å². The molecule has 3 N–H and O–H groups in total. The molecular formula is C18H24ClN7O2. The van der Waals surface area contributed by atoms with Crippen molar-refractivity contribution in [2.24, 2.45) is 0 Å². The van der Waals surface area contributed by atoms with Gasteiger partial charge in [-0.15, -0.1) is 0 Å². The lowest BCUT2D eigenvalue weighted by molar-refractivity contribution is 0.0772. The first-order valence-electron chi connectivity index (χ1n) is 9.12. The molecule has 0 spiro atoms. The van der Waals surface area contributed by atoms with Crippen LogP contribution in [0.3, 0.4) is 0 Å². The monoisotopic (exact) mass is 405 g/mol. The largest absolute Gasteiger partial charge is 0.450 e. The number of ether oxygens (including phenoxy) is 1. The molecule has 150 valence electrons. The normalized spacial score (nSPS) is 14.8. The fraction of sp³-hybridized carbons (Fsp3) is 0.444. The molecule has 1 aliphatic heterocycles. The molecule has 9 nitrogen and oxygen atoms in total. The topological polar surface area (TPSA) is 110 Å². The van der Waals surface area contributed by atoms with Crippen LogP contribution in [0.15, 0.2) is 18.2 Å². The highest BCUT2D eigenvalue weighted by atomic mass is 35.5. The molecule has 0 unspecified atom stereocenters. The molecule has 3 rings (SSSR count). The van der Waals surface area contributed by atoms with Crippen molar-refractivity contribution >= 4 is 35.3 Å². The van der Waals surface area contributed by atoms with Crippen LogP contribution in [-0.2, 0) is 11.3 Å². The first-order valence-corrected chi connectivity index (χ1v) is 9.50. The number of carbonyl (C=O) groups is 1. The number of benzene rings is 1. The summed E-state index contributed by atoms with van der Waals surface area (Å²) in [5.74, 6) is 1.08. The van der Waals surface area contributed by atoms with E-state index in [0.29, 0.717) is 56.1 Å². The van der Waals surface area contributed by atoms with E-state index in [1.54, 1.807) is 11.8 Å². The number of anilines is 3. The van der Waals surface area contributed by atoms with Crippen molar-refractivity contribution in [3.05, 3.63) is 34.6 Å². The maximum atomic E-state index is 11.8. The second-order valence-corrected chi connectivity index (χ2v) is 6.89. The number of nitrogens with zero attached hydrogens (tertiary/aromatic N) is 5. The highest BCUT2D eigenvalue weighted by molar-refractivity contribution is 6.31. The summed E-state index contributed by atoms with van der Waals surface area (Å²) in [6.07, 6.45) is -0.269. The fourth-order valence-electron chi connectivity index (χ4n) is 2.87. The van der Waals surface area contributed by atoms with Gasteiger partial charge in [0.2, 0.25) is 11.9 Å². The van der Waals surface area contributed by atoms with E-state index in [1.807, 2.05) is 25.1 Å². The Bertz CT molecular complexity index is 841. The lowest BCUT2D eigenvalue weighted by Gasteiger charge is -2.33. The SMILES string of the molecule is CCOC(=O)N1CCN(Cc2nc(N)nc(Nc3ccc(C)c(Cl)c3)n2)CC1. The predicted molar refractivity (Wildman–Crippen MR) is 108 cm³/mol. The molecule has 1 amide bonds. The van der Waals surface area contributed by atoms with Crippen molar-refractivity contribution in [2.45, 2.75) is 20.4 Å². The van der Waals surface area contributed by atoms with Gasteiger partial charge in [-0.3, -0.25) is 4.90 Å². The average Bonchev–Trinajstić information content (AvgIpc) is 2.65. The lowest BCUT2D eigenvalue weighted by atomic mass is 10.2. The first-order chi connectivity index (χ1) is 13.4. The number of nitrogen functional groups attached to an aromatic ring is 1. The third-order valence-electron chi connectivity index (χ3n) is 4.39. The summed E-state index contributed by atoms with van der Waals surface area (Å²) in [6, 6.07) is 5.62. The number of nitrogens with two attached hydrogens (primary N) is 1. The Labute approximate surface area is 168 Å². The Morgan fingerprint density at radius 2 is 2.00 bits per heavy atom. The number of hydrogen-bond acceptors (Lipinski definition) is 8. The number of aryl methyl sites for hydroxylation is 1. The number of amides is 1. The number of aromatic nitrogens is 3. The Balaban J connectivity index is 1.62. The maximum absolute atomic E-state index is 11.8. The third-order valence-corrected chi connectivity index (χ3v) is 4.80. The van der Waals surface area contributed by atoms with E-state index in [2.05, 4.69) is 25.2 Å². The molecule has 1 aromatic heterocycles. The quantitative estimate of drug-likeness (QED) is 0.780. The van der Waals surface area contributed by atoms with Gasteiger partial charge in [0.1, 0.15) is 5.82 Å². The average molecular weight is 406 g/mol. The van der Waals surface area contributed by atoms with Gasteiger partial charge in [-0.2, -0.15) is 15.0 Å². The second kappa shape index (κ2) is 9.03. The molecule has 0 bridgehead atoms. The number of hydrogen-bond donors (Lipinski definition) is 2. The molecule has 1 aromatic carbocycles. The zero-order chi connectivity index (χ0) is 20.1. The van der Waals surface area contributed by atoms with Crippen LogP contribution < -0.4 is 11.1 Å². The standard InChI is InChI=1S/C18H24ClN7O2/c1-3-28-18(27)26-8-6-25(7-9-26)11-15-22-16(20)24-17(23-15)21-13-5-4-12(2)14(19)10-13/h4-5,10H,3,6-9,11H2,1-2H3,(H3,20,21,22,23,24). The summed E-state index contributed by atoms with van der Waals surface area (Å²) >= 11 is 6.16. The van der Waals surface area contributed by atoms with Gasteiger partial charge < -0.3 is 20.7 Å². The fourth-order valence-corrected chi connectivity index (χ4v) is 3.05. The zero-order valence-electron chi connectivity index (χ0n) is 16.0. The summed E-state index contributed by atoms with van der Waals surface area (Å²) in [6.45, 7) is 7.26. The molecular weight excluding hydrogens is 382 g/mol. The summed E-state index contributed by atoms with van der Waals surface area (Å²) in [7, 11) is 0. The number of rotatable bonds is 5. The van der Waals surface area contributed by atoms with Crippen LogP contribution in [0.25, 0.3) is 0 Å². The number of carbonyl (C=O) groups excluding carboxylic acids is 1. The van der Waals surface area contributed by atoms with Crippen molar-refractivity contribution in [3.63, 3.8) is 0 Å². The molecule has 28 heavy (non-hydrogen) atoms. The van der Waals surface area contributed by atoms with Crippen LogP contribution >= 0.6 is 11.6 Å². The highest BCUT2D eigenvalue weighted by Gasteiger charge is 2.22. The summed E-state index contributed by atoms with van der Waals surface area (Å²) in [5.41, 5.74) is 7.62. The predicted octanol–water partition coefficient (Wildman–Crippen LogP) is 2.43. The molecule has 0 aliphatic carbocycles. The molecule has 2 aromatic rings. The van der Waals surface area contributed by atoms with Gasteiger partial charge in [-0.05, 0) is 31.5 Å². The van der Waals surface area contributed by atoms with Crippen LogP contribution in [0.2, 0.25) is 5.02 Å². The Hall–Kier alpha value is -2.65. The van der Waals surface area contributed by atoms with E-state index >= 15 is 0 Å². The minimum absolute atomic E-state index is 0.149. The number of nitrogens with one attached hydrogen (secondary N) is 1. The molecule has 0 radical (unpaired) electrons.